The Kier molecular flexibility index (Phi) is 5.90. The van der Waals surface area contributed by atoms with Crippen LogP contribution in [0.4, 0.5) is 28.9 Å². The van der Waals surface area contributed by atoms with Gasteiger partial charge in [-0.1, -0.05) is 12.1 Å². The third kappa shape index (κ3) is 4.58. The number of amidine groups is 1. The molecule has 1 heterocycles. The predicted molar refractivity (Wildman–Crippen MR) is 117 cm³/mol. The number of halogens is 4. The quantitative estimate of drug-likeness (QED) is 0.480. The maximum absolute atomic E-state index is 13.9. The maximum atomic E-state index is 13.9. The van der Waals surface area contributed by atoms with E-state index in [1.165, 1.54) is 19.2 Å². The lowest BCUT2D eigenvalue weighted by Gasteiger charge is -2.17. The van der Waals surface area contributed by atoms with Crippen LogP contribution < -0.4 is 10.6 Å². The number of nitrogens with one attached hydrogen (secondary N) is 2. The Bertz CT molecular complexity index is 1270. The van der Waals surface area contributed by atoms with Crippen molar-refractivity contribution in [2.45, 2.75) is 19.2 Å². The molecule has 33 heavy (non-hydrogen) atoms. The second-order valence-electron chi connectivity index (χ2n) is 7.50. The molecule has 1 amide bonds. The smallest absolute Gasteiger partial charge is 0.392 e. The summed E-state index contributed by atoms with van der Waals surface area (Å²) in [5.41, 5.74) is 0.636. The highest BCUT2D eigenvalue weighted by Gasteiger charge is 2.36. The van der Waals surface area contributed by atoms with Gasteiger partial charge in [0, 0.05) is 24.7 Å². The fourth-order valence-electron chi connectivity index (χ4n) is 3.76. The van der Waals surface area contributed by atoms with Crippen molar-refractivity contribution >= 4 is 23.1 Å². The summed E-state index contributed by atoms with van der Waals surface area (Å²) >= 11 is 0. The molecule has 1 aliphatic heterocycles. The molecule has 0 fully saturated rings. The van der Waals surface area contributed by atoms with Crippen molar-refractivity contribution in [2.75, 3.05) is 12.4 Å². The van der Waals surface area contributed by atoms with E-state index in [0.29, 0.717) is 22.6 Å². The van der Waals surface area contributed by atoms with Crippen LogP contribution in [0.1, 0.15) is 27.0 Å². The average molecular weight is 457 g/mol. The van der Waals surface area contributed by atoms with Crippen LogP contribution in [0, 0.1) is 5.82 Å². The Morgan fingerprint density at radius 1 is 1.09 bits per heavy atom. The summed E-state index contributed by atoms with van der Waals surface area (Å²) in [7, 11) is 1.51. The second kappa shape index (κ2) is 8.67. The van der Waals surface area contributed by atoms with E-state index in [1.807, 2.05) is 0 Å². The summed E-state index contributed by atoms with van der Waals surface area (Å²) in [6, 6.07) is 12.3. The molecule has 0 unspecified atom stereocenters. The van der Waals surface area contributed by atoms with Gasteiger partial charge < -0.3 is 15.7 Å². The van der Waals surface area contributed by atoms with Crippen LogP contribution in [0.15, 0.2) is 59.6 Å². The molecule has 1 aliphatic rings. The van der Waals surface area contributed by atoms with Crippen molar-refractivity contribution in [1.82, 2.24) is 5.32 Å². The average Bonchev–Trinajstić information content (AvgIpc) is 3.18. The van der Waals surface area contributed by atoms with Gasteiger partial charge in [-0.15, -0.1) is 0 Å². The Labute approximate surface area is 186 Å². The topological polar surface area (TPSA) is 73.7 Å². The van der Waals surface area contributed by atoms with Crippen LogP contribution in [-0.4, -0.2) is 23.9 Å². The highest BCUT2D eigenvalue weighted by Crippen LogP contribution is 2.43. The summed E-state index contributed by atoms with van der Waals surface area (Å²) in [5, 5.41) is 15.1. The Morgan fingerprint density at radius 3 is 2.58 bits per heavy atom. The number of fused-ring (bicyclic) bond motifs is 1. The molecule has 3 aromatic rings. The molecule has 3 N–H and O–H groups in total. The monoisotopic (exact) mass is 457 g/mol. The van der Waals surface area contributed by atoms with E-state index < -0.39 is 24.2 Å². The minimum atomic E-state index is -4.71. The number of nitrogens with zero attached hydrogens (tertiary/aromatic N) is 1. The Balaban J connectivity index is 1.72. The number of benzene rings is 3. The van der Waals surface area contributed by atoms with Gasteiger partial charge in [-0.05, 0) is 64.7 Å². The molecule has 0 saturated heterocycles. The van der Waals surface area contributed by atoms with Crippen LogP contribution in [-0.2, 0) is 19.2 Å². The van der Waals surface area contributed by atoms with Crippen LogP contribution in [0.3, 0.4) is 0 Å². The second-order valence-corrected chi connectivity index (χ2v) is 7.50. The van der Waals surface area contributed by atoms with Gasteiger partial charge in [0.15, 0.2) is 0 Å². The minimum Gasteiger partial charge on any atom is -0.392 e. The van der Waals surface area contributed by atoms with Crippen LogP contribution in [0.2, 0.25) is 0 Å². The first-order valence-corrected chi connectivity index (χ1v) is 10.00. The number of aliphatic hydroxyl groups is 1. The summed E-state index contributed by atoms with van der Waals surface area (Å²) in [4.78, 5) is 16.1. The van der Waals surface area contributed by atoms with E-state index in [2.05, 4.69) is 15.6 Å². The van der Waals surface area contributed by atoms with Crippen molar-refractivity contribution in [2.24, 2.45) is 4.99 Å². The summed E-state index contributed by atoms with van der Waals surface area (Å²) < 4.78 is 55.5. The van der Waals surface area contributed by atoms with Crippen molar-refractivity contribution in [1.29, 1.82) is 0 Å². The maximum Gasteiger partial charge on any atom is 0.417 e. The van der Waals surface area contributed by atoms with E-state index in [4.69, 9.17) is 0 Å². The SMILES string of the molecule is CNC(=O)c1cccc(NC2=Nc3cc(C(F)(F)F)c(-c4cc(F)ccc4CO)cc3C2)c1. The number of amides is 1. The minimum absolute atomic E-state index is 0.0210. The van der Waals surface area contributed by atoms with E-state index in [1.54, 1.807) is 24.3 Å². The van der Waals surface area contributed by atoms with Gasteiger partial charge in [0.05, 0.1) is 17.9 Å². The molecule has 9 heteroatoms. The molecule has 3 aromatic carbocycles. The lowest BCUT2D eigenvalue weighted by Crippen LogP contribution is -2.18. The summed E-state index contributed by atoms with van der Waals surface area (Å²) in [5.74, 6) is -0.569. The van der Waals surface area contributed by atoms with Crippen molar-refractivity contribution in [3.8, 4) is 11.1 Å². The third-order valence-electron chi connectivity index (χ3n) is 5.31. The van der Waals surface area contributed by atoms with Gasteiger partial charge in [0.2, 0.25) is 0 Å². The number of rotatable bonds is 4. The molecular weight excluding hydrogens is 438 g/mol. The summed E-state index contributed by atoms with van der Waals surface area (Å²) in [6.07, 6.45) is -4.49. The predicted octanol–water partition coefficient (Wildman–Crippen LogP) is 5.06. The number of carbonyl (C=O) groups is 1. The molecule has 0 bridgehead atoms. The number of carbonyl (C=O) groups excluding carboxylic acids is 1. The molecule has 5 nitrogen and oxygen atoms in total. The van der Waals surface area contributed by atoms with Gasteiger partial charge in [0.25, 0.3) is 5.91 Å². The van der Waals surface area contributed by atoms with E-state index >= 15 is 0 Å². The number of hydrogen-bond donors (Lipinski definition) is 3. The van der Waals surface area contributed by atoms with E-state index in [0.717, 1.165) is 18.2 Å². The lowest BCUT2D eigenvalue weighted by atomic mass is 9.92. The third-order valence-corrected chi connectivity index (χ3v) is 5.31. The molecule has 0 atom stereocenters. The number of aliphatic hydroxyl groups excluding tert-OH is 1. The number of alkyl halides is 3. The van der Waals surface area contributed by atoms with Gasteiger partial charge in [-0.3, -0.25) is 4.79 Å². The zero-order valence-corrected chi connectivity index (χ0v) is 17.4. The number of anilines is 1. The van der Waals surface area contributed by atoms with Crippen LogP contribution in [0.5, 0.6) is 0 Å². The Hall–Kier alpha value is -3.72. The Morgan fingerprint density at radius 2 is 1.88 bits per heavy atom. The van der Waals surface area contributed by atoms with Gasteiger partial charge in [-0.25, -0.2) is 9.38 Å². The normalized spacial score (nSPS) is 12.8. The van der Waals surface area contributed by atoms with Crippen molar-refractivity contribution in [3.63, 3.8) is 0 Å². The highest BCUT2D eigenvalue weighted by molar-refractivity contribution is 6.03. The van der Waals surface area contributed by atoms with Gasteiger partial charge >= 0.3 is 6.18 Å². The first-order chi connectivity index (χ1) is 15.7. The molecule has 0 spiro atoms. The first-order valence-electron chi connectivity index (χ1n) is 10.00. The zero-order chi connectivity index (χ0) is 23.8. The van der Waals surface area contributed by atoms with Crippen molar-refractivity contribution < 1.29 is 27.5 Å². The lowest BCUT2D eigenvalue weighted by molar-refractivity contribution is -0.137. The molecule has 170 valence electrons. The van der Waals surface area contributed by atoms with Crippen LogP contribution >= 0.6 is 0 Å². The fourth-order valence-corrected chi connectivity index (χ4v) is 3.76. The van der Waals surface area contributed by atoms with Gasteiger partial charge in [-0.2, -0.15) is 13.2 Å². The standard InChI is InChI=1S/C24H19F4N3O2/c1-29-23(33)13-3-2-4-17(7-13)30-22-9-15-8-19(18-10-16(25)6-5-14(18)12-32)20(24(26,27)28)11-21(15)31-22/h2-8,10-11,32H,9,12H2,1H3,(H,29,33)(H,30,31). The first kappa shape index (κ1) is 22.5. The van der Waals surface area contributed by atoms with Crippen LogP contribution in [0.25, 0.3) is 11.1 Å². The number of aliphatic imine (C=N–C) groups is 1. The van der Waals surface area contributed by atoms with Gasteiger partial charge in [0.1, 0.15) is 11.7 Å². The van der Waals surface area contributed by atoms with Crippen molar-refractivity contribution in [3.05, 3.63) is 82.7 Å². The molecule has 0 radical (unpaired) electrons. The largest absolute Gasteiger partial charge is 0.417 e. The highest BCUT2D eigenvalue weighted by atomic mass is 19.4. The molecule has 4 rings (SSSR count). The van der Waals surface area contributed by atoms with E-state index in [9.17, 15) is 27.5 Å². The molecule has 0 aromatic heterocycles. The fraction of sp³-hybridized carbons (Fsp3) is 0.167. The molecular formula is C24H19F4N3O2. The molecule has 0 saturated carbocycles. The summed E-state index contributed by atoms with van der Waals surface area (Å²) in [6.45, 7) is -0.533. The van der Waals surface area contributed by atoms with E-state index in [-0.39, 0.29) is 34.7 Å². The zero-order valence-electron chi connectivity index (χ0n) is 17.4. The molecule has 0 aliphatic carbocycles. The number of hydrogen-bond acceptors (Lipinski definition) is 4.